The van der Waals surface area contributed by atoms with E-state index in [4.69, 9.17) is 10.00 Å². The smallest absolute Gasteiger partial charge is 0.331 e. The molecule has 0 spiro atoms. The van der Waals surface area contributed by atoms with Gasteiger partial charge in [0.05, 0.1) is 17.3 Å². The Hall–Kier alpha value is -2.98. The van der Waals surface area contributed by atoms with Crippen LogP contribution in [0.4, 0.5) is 10.1 Å². The lowest BCUT2D eigenvalue weighted by molar-refractivity contribution is -0.142. The first-order valence-corrected chi connectivity index (χ1v) is 7.87. The number of hydrogen-bond acceptors (Lipinski definition) is 4. The number of anilines is 1. The van der Waals surface area contributed by atoms with Gasteiger partial charge in [0.2, 0.25) is 0 Å². The van der Waals surface area contributed by atoms with Crippen LogP contribution in [0.2, 0.25) is 0 Å². The Labute approximate surface area is 151 Å². The maximum Gasteiger partial charge on any atom is 0.331 e. The quantitative estimate of drug-likeness (QED) is 0.611. The number of carbonyl (C=O) groups is 2. The van der Waals surface area contributed by atoms with Crippen molar-refractivity contribution in [1.82, 2.24) is 0 Å². The molecule has 0 fully saturated rings. The third-order valence-corrected chi connectivity index (χ3v) is 3.50. The lowest BCUT2D eigenvalue weighted by Crippen LogP contribution is -2.20. The highest BCUT2D eigenvalue weighted by molar-refractivity contribution is 9.10. The zero-order valence-electron chi connectivity index (χ0n) is 12.8. The van der Waals surface area contributed by atoms with Gasteiger partial charge in [-0.05, 0) is 42.0 Å². The lowest BCUT2D eigenvalue weighted by Gasteiger charge is -2.06. The van der Waals surface area contributed by atoms with Crippen molar-refractivity contribution in [3.05, 3.63) is 70.0 Å². The van der Waals surface area contributed by atoms with Crippen molar-refractivity contribution in [2.24, 2.45) is 0 Å². The number of nitrogens with one attached hydrogen (secondary N) is 1. The Morgan fingerprint density at radius 3 is 2.60 bits per heavy atom. The molecule has 2 rings (SSSR count). The summed E-state index contributed by atoms with van der Waals surface area (Å²) in [5.74, 6) is -1.97. The van der Waals surface area contributed by atoms with Gasteiger partial charge < -0.3 is 10.1 Å². The second-order valence-electron chi connectivity index (χ2n) is 4.85. The van der Waals surface area contributed by atoms with Crippen LogP contribution >= 0.6 is 15.9 Å². The molecule has 0 saturated carbocycles. The summed E-state index contributed by atoms with van der Waals surface area (Å²) in [5.41, 5.74) is 1.21. The number of hydrogen-bond donors (Lipinski definition) is 1. The van der Waals surface area contributed by atoms with E-state index in [2.05, 4.69) is 21.2 Å². The van der Waals surface area contributed by atoms with Gasteiger partial charge in [0.15, 0.2) is 6.61 Å². The van der Waals surface area contributed by atoms with E-state index in [-0.39, 0.29) is 5.69 Å². The van der Waals surface area contributed by atoms with Crippen LogP contribution in [0, 0.1) is 17.1 Å². The van der Waals surface area contributed by atoms with E-state index >= 15 is 0 Å². The zero-order chi connectivity index (χ0) is 18.2. The molecule has 7 heteroatoms. The molecule has 1 N–H and O–H groups in total. The molecular formula is C18H12BrFN2O3. The molecule has 0 aliphatic rings. The van der Waals surface area contributed by atoms with Crippen molar-refractivity contribution in [2.75, 3.05) is 11.9 Å². The highest BCUT2D eigenvalue weighted by atomic mass is 79.9. The summed E-state index contributed by atoms with van der Waals surface area (Å²) in [6, 6.07) is 12.7. The standard InChI is InChI=1S/C18H12BrFN2O3/c19-14-6-7-16(15(20)9-14)22-17(23)11-25-18(24)8-5-12-1-3-13(10-21)4-2-12/h1-9H,11H2,(H,22,23)/b8-5+. The Kier molecular flexibility index (Phi) is 6.43. The van der Waals surface area contributed by atoms with Gasteiger partial charge in [-0.25, -0.2) is 9.18 Å². The first kappa shape index (κ1) is 18.4. The van der Waals surface area contributed by atoms with Crippen LogP contribution in [-0.2, 0) is 14.3 Å². The van der Waals surface area contributed by atoms with Gasteiger partial charge in [0.25, 0.3) is 5.91 Å². The summed E-state index contributed by atoms with van der Waals surface area (Å²) in [5, 5.41) is 11.0. The summed E-state index contributed by atoms with van der Waals surface area (Å²) in [4.78, 5) is 23.3. The van der Waals surface area contributed by atoms with E-state index in [0.29, 0.717) is 15.6 Å². The SMILES string of the molecule is N#Cc1ccc(/C=C/C(=O)OCC(=O)Nc2ccc(Br)cc2F)cc1. The maximum absolute atomic E-state index is 13.6. The lowest BCUT2D eigenvalue weighted by atomic mass is 10.1. The minimum Gasteiger partial charge on any atom is -0.452 e. The summed E-state index contributed by atoms with van der Waals surface area (Å²) in [6.07, 6.45) is 2.66. The average molecular weight is 403 g/mol. The molecule has 25 heavy (non-hydrogen) atoms. The van der Waals surface area contributed by atoms with Crippen LogP contribution < -0.4 is 5.32 Å². The van der Waals surface area contributed by atoms with Crippen molar-refractivity contribution in [1.29, 1.82) is 5.26 Å². The third kappa shape index (κ3) is 5.86. The minimum absolute atomic E-state index is 0.00243. The molecule has 2 aromatic rings. The van der Waals surface area contributed by atoms with Gasteiger partial charge >= 0.3 is 5.97 Å². The van der Waals surface area contributed by atoms with Crippen molar-refractivity contribution in [2.45, 2.75) is 0 Å². The predicted octanol–water partition coefficient (Wildman–Crippen LogP) is 3.65. The molecule has 1 amide bonds. The number of rotatable bonds is 5. The monoisotopic (exact) mass is 402 g/mol. The summed E-state index contributed by atoms with van der Waals surface area (Å²) < 4.78 is 18.9. The molecule has 126 valence electrons. The summed E-state index contributed by atoms with van der Waals surface area (Å²) in [7, 11) is 0. The largest absolute Gasteiger partial charge is 0.452 e. The van der Waals surface area contributed by atoms with Gasteiger partial charge in [0, 0.05) is 10.5 Å². The molecule has 0 bridgehead atoms. The van der Waals surface area contributed by atoms with E-state index < -0.39 is 24.3 Å². The number of halogens is 2. The van der Waals surface area contributed by atoms with E-state index in [0.717, 1.165) is 6.08 Å². The molecule has 0 saturated heterocycles. The van der Waals surface area contributed by atoms with Crippen molar-refractivity contribution in [3.63, 3.8) is 0 Å². The van der Waals surface area contributed by atoms with E-state index in [9.17, 15) is 14.0 Å². The Bertz CT molecular complexity index is 858. The molecule has 0 heterocycles. The second kappa shape index (κ2) is 8.76. The number of nitriles is 1. The summed E-state index contributed by atoms with van der Waals surface area (Å²) in [6.45, 7) is -0.536. The van der Waals surface area contributed by atoms with Gasteiger partial charge in [-0.1, -0.05) is 28.1 Å². The second-order valence-corrected chi connectivity index (χ2v) is 5.76. The van der Waals surface area contributed by atoms with Gasteiger partial charge in [-0.3, -0.25) is 4.79 Å². The van der Waals surface area contributed by atoms with Crippen molar-refractivity contribution < 1.29 is 18.7 Å². The Balaban J connectivity index is 1.83. The minimum atomic E-state index is -0.712. The summed E-state index contributed by atoms with van der Waals surface area (Å²) >= 11 is 3.11. The molecule has 0 aromatic heterocycles. The Morgan fingerprint density at radius 2 is 1.96 bits per heavy atom. The Morgan fingerprint density at radius 1 is 1.24 bits per heavy atom. The van der Waals surface area contributed by atoms with Crippen LogP contribution in [0.5, 0.6) is 0 Å². The molecule has 2 aromatic carbocycles. The predicted molar refractivity (Wildman–Crippen MR) is 93.9 cm³/mol. The fourth-order valence-corrected chi connectivity index (χ4v) is 2.13. The average Bonchev–Trinajstić information content (AvgIpc) is 2.61. The number of benzene rings is 2. The number of carbonyl (C=O) groups excluding carboxylic acids is 2. The number of ether oxygens (including phenoxy) is 1. The fraction of sp³-hybridized carbons (Fsp3) is 0.0556. The molecule has 0 atom stereocenters. The normalized spacial score (nSPS) is 10.3. The van der Waals surface area contributed by atoms with E-state index in [1.54, 1.807) is 30.3 Å². The van der Waals surface area contributed by atoms with Crippen molar-refractivity contribution >= 4 is 39.6 Å². The number of esters is 1. The third-order valence-electron chi connectivity index (χ3n) is 3.00. The molecule has 0 unspecified atom stereocenters. The molecule has 5 nitrogen and oxygen atoms in total. The highest BCUT2D eigenvalue weighted by Gasteiger charge is 2.09. The zero-order valence-corrected chi connectivity index (χ0v) is 14.4. The van der Waals surface area contributed by atoms with Crippen LogP contribution in [0.25, 0.3) is 6.08 Å². The maximum atomic E-state index is 13.6. The van der Waals surface area contributed by atoms with Gasteiger partial charge in [-0.15, -0.1) is 0 Å². The fourth-order valence-electron chi connectivity index (χ4n) is 1.79. The van der Waals surface area contributed by atoms with Gasteiger partial charge in [-0.2, -0.15) is 5.26 Å². The number of amides is 1. The highest BCUT2D eigenvalue weighted by Crippen LogP contribution is 2.19. The number of nitrogens with zero attached hydrogens (tertiary/aromatic N) is 1. The first-order valence-electron chi connectivity index (χ1n) is 7.08. The molecule has 0 aliphatic carbocycles. The van der Waals surface area contributed by atoms with Crippen LogP contribution in [-0.4, -0.2) is 18.5 Å². The first-order chi connectivity index (χ1) is 12.0. The topological polar surface area (TPSA) is 79.2 Å². The van der Waals surface area contributed by atoms with Crippen LogP contribution in [0.3, 0.4) is 0 Å². The molecule has 0 radical (unpaired) electrons. The molecule has 0 aliphatic heterocycles. The van der Waals surface area contributed by atoms with Crippen LogP contribution in [0.15, 0.2) is 53.0 Å². The van der Waals surface area contributed by atoms with Crippen LogP contribution in [0.1, 0.15) is 11.1 Å². The van der Waals surface area contributed by atoms with Crippen molar-refractivity contribution in [3.8, 4) is 6.07 Å². The van der Waals surface area contributed by atoms with Gasteiger partial charge in [0.1, 0.15) is 5.82 Å². The molecular weight excluding hydrogens is 391 g/mol. The van der Waals surface area contributed by atoms with E-state index in [1.165, 1.54) is 18.2 Å². The van der Waals surface area contributed by atoms with E-state index in [1.807, 2.05) is 6.07 Å².